The van der Waals surface area contributed by atoms with Crippen LogP contribution in [0.2, 0.25) is 0 Å². The lowest BCUT2D eigenvalue weighted by Gasteiger charge is -2.16. The molecule has 0 bridgehead atoms. The van der Waals surface area contributed by atoms with E-state index in [1.165, 1.54) is 29.6 Å². The van der Waals surface area contributed by atoms with Gasteiger partial charge in [0.2, 0.25) is 0 Å². The molecule has 0 unspecified atom stereocenters. The second-order valence-corrected chi connectivity index (χ2v) is 4.13. The molecule has 0 aliphatic heterocycles. The predicted molar refractivity (Wildman–Crippen MR) is 67.8 cm³/mol. The van der Waals surface area contributed by atoms with Gasteiger partial charge in [0.1, 0.15) is 5.69 Å². The van der Waals surface area contributed by atoms with E-state index in [0.717, 1.165) is 5.56 Å². The summed E-state index contributed by atoms with van der Waals surface area (Å²) in [5.74, 6) is -1.13. The molecule has 0 atom stereocenters. The number of carboxylic acid groups (broad SMARTS) is 1. The normalized spacial score (nSPS) is 10.2. The van der Waals surface area contributed by atoms with E-state index in [1.807, 2.05) is 0 Å². The van der Waals surface area contributed by atoms with Crippen LogP contribution in [0.5, 0.6) is 0 Å². The quantitative estimate of drug-likeness (QED) is 0.868. The molecule has 0 radical (unpaired) electrons. The molecule has 2 N–H and O–H groups in total. The highest BCUT2D eigenvalue weighted by atomic mass is 16.4. The SMILES string of the molecule is CN(Cc1ccc(C(=O)O)cc1)C(=O)c1cnc[nH]1. The van der Waals surface area contributed by atoms with Gasteiger partial charge in [-0.3, -0.25) is 4.79 Å². The van der Waals surface area contributed by atoms with E-state index < -0.39 is 5.97 Å². The van der Waals surface area contributed by atoms with Crippen molar-refractivity contribution < 1.29 is 14.7 Å². The summed E-state index contributed by atoms with van der Waals surface area (Å²) < 4.78 is 0. The summed E-state index contributed by atoms with van der Waals surface area (Å²) in [6.07, 6.45) is 2.91. The van der Waals surface area contributed by atoms with Crippen molar-refractivity contribution in [3.05, 3.63) is 53.6 Å². The van der Waals surface area contributed by atoms with E-state index in [9.17, 15) is 9.59 Å². The molecule has 2 aromatic rings. The molecule has 1 aromatic heterocycles. The molecule has 1 aromatic carbocycles. The van der Waals surface area contributed by atoms with Gasteiger partial charge in [0.05, 0.1) is 18.1 Å². The largest absolute Gasteiger partial charge is 0.478 e. The first-order valence-electron chi connectivity index (χ1n) is 5.64. The van der Waals surface area contributed by atoms with Gasteiger partial charge in [-0.2, -0.15) is 0 Å². The van der Waals surface area contributed by atoms with Crippen LogP contribution in [0.4, 0.5) is 0 Å². The number of amides is 1. The number of imidazole rings is 1. The van der Waals surface area contributed by atoms with Gasteiger partial charge < -0.3 is 15.0 Å². The van der Waals surface area contributed by atoms with E-state index in [0.29, 0.717) is 12.2 Å². The van der Waals surface area contributed by atoms with Crippen LogP contribution in [0, 0.1) is 0 Å². The Hall–Kier alpha value is -2.63. The van der Waals surface area contributed by atoms with Gasteiger partial charge in [0.15, 0.2) is 0 Å². The van der Waals surface area contributed by atoms with E-state index >= 15 is 0 Å². The molecular formula is C13H13N3O3. The molecule has 0 fully saturated rings. The van der Waals surface area contributed by atoms with E-state index in [2.05, 4.69) is 9.97 Å². The molecule has 0 aliphatic rings. The van der Waals surface area contributed by atoms with Crippen molar-refractivity contribution in [2.75, 3.05) is 7.05 Å². The van der Waals surface area contributed by atoms with Gasteiger partial charge in [-0.05, 0) is 17.7 Å². The Balaban J connectivity index is 2.04. The number of aromatic amines is 1. The van der Waals surface area contributed by atoms with Crippen molar-refractivity contribution in [2.24, 2.45) is 0 Å². The maximum absolute atomic E-state index is 11.9. The summed E-state index contributed by atoms with van der Waals surface area (Å²) >= 11 is 0. The van der Waals surface area contributed by atoms with Gasteiger partial charge in [0, 0.05) is 13.6 Å². The van der Waals surface area contributed by atoms with E-state index in [1.54, 1.807) is 19.2 Å². The highest BCUT2D eigenvalue weighted by Gasteiger charge is 2.13. The minimum absolute atomic E-state index is 0.167. The van der Waals surface area contributed by atoms with Crippen LogP contribution in [0.1, 0.15) is 26.4 Å². The van der Waals surface area contributed by atoms with Crippen molar-refractivity contribution in [3.63, 3.8) is 0 Å². The van der Waals surface area contributed by atoms with Gasteiger partial charge in [0.25, 0.3) is 5.91 Å². The first-order valence-corrected chi connectivity index (χ1v) is 5.64. The third-order valence-corrected chi connectivity index (χ3v) is 2.70. The van der Waals surface area contributed by atoms with Crippen molar-refractivity contribution in [2.45, 2.75) is 6.54 Å². The highest BCUT2D eigenvalue weighted by molar-refractivity contribution is 5.91. The summed E-state index contributed by atoms with van der Waals surface area (Å²) in [5.41, 5.74) is 1.51. The zero-order chi connectivity index (χ0) is 13.8. The van der Waals surface area contributed by atoms with Crippen molar-refractivity contribution in [3.8, 4) is 0 Å². The van der Waals surface area contributed by atoms with Crippen LogP contribution in [0.25, 0.3) is 0 Å². The Bertz CT molecular complexity index is 576. The van der Waals surface area contributed by atoms with Crippen LogP contribution in [-0.4, -0.2) is 38.9 Å². The molecule has 6 nitrogen and oxygen atoms in total. The molecule has 6 heteroatoms. The fourth-order valence-electron chi connectivity index (χ4n) is 1.68. The summed E-state index contributed by atoms with van der Waals surface area (Å²) in [5, 5.41) is 8.80. The predicted octanol–water partition coefficient (Wildman–Crippen LogP) is 1.38. The maximum Gasteiger partial charge on any atom is 0.335 e. The first-order chi connectivity index (χ1) is 9.08. The second-order valence-electron chi connectivity index (χ2n) is 4.13. The van der Waals surface area contributed by atoms with E-state index in [-0.39, 0.29) is 11.5 Å². The Morgan fingerprint density at radius 2 is 2.00 bits per heavy atom. The van der Waals surface area contributed by atoms with Crippen LogP contribution in [0.15, 0.2) is 36.8 Å². The lowest BCUT2D eigenvalue weighted by atomic mass is 10.1. The number of H-pyrrole nitrogens is 1. The molecule has 2 rings (SSSR count). The molecule has 19 heavy (non-hydrogen) atoms. The molecule has 0 saturated carbocycles. The van der Waals surface area contributed by atoms with Crippen molar-refractivity contribution in [1.29, 1.82) is 0 Å². The van der Waals surface area contributed by atoms with Crippen molar-refractivity contribution >= 4 is 11.9 Å². The monoisotopic (exact) mass is 259 g/mol. The fraction of sp³-hybridized carbons (Fsp3) is 0.154. The zero-order valence-corrected chi connectivity index (χ0v) is 10.3. The van der Waals surface area contributed by atoms with Gasteiger partial charge >= 0.3 is 5.97 Å². The molecule has 0 saturated heterocycles. The summed E-state index contributed by atoms with van der Waals surface area (Å²) in [7, 11) is 1.67. The van der Waals surface area contributed by atoms with Crippen molar-refractivity contribution in [1.82, 2.24) is 14.9 Å². The van der Waals surface area contributed by atoms with Crippen LogP contribution in [0.3, 0.4) is 0 Å². The minimum Gasteiger partial charge on any atom is -0.478 e. The topological polar surface area (TPSA) is 86.3 Å². The standard InChI is InChI=1S/C13H13N3O3/c1-16(12(17)11-6-14-8-15-11)7-9-2-4-10(5-3-9)13(18)19/h2-6,8H,7H2,1H3,(H,14,15)(H,18,19). The zero-order valence-electron chi connectivity index (χ0n) is 10.3. The first kappa shape index (κ1) is 12.8. The molecule has 0 spiro atoms. The number of carboxylic acids is 1. The smallest absolute Gasteiger partial charge is 0.335 e. The lowest BCUT2D eigenvalue weighted by Crippen LogP contribution is -2.26. The number of aromatic nitrogens is 2. The Morgan fingerprint density at radius 3 is 2.53 bits per heavy atom. The average molecular weight is 259 g/mol. The minimum atomic E-state index is -0.964. The van der Waals surface area contributed by atoms with Crippen LogP contribution in [-0.2, 0) is 6.54 Å². The number of carbonyl (C=O) groups is 2. The second kappa shape index (κ2) is 5.34. The number of carbonyl (C=O) groups excluding carboxylic acids is 1. The number of rotatable bonds is 4. The average Bonchev–Trinajstić information content (AvgIpc) is 2.92. The third-order valence-electron chi connectivity index (χ3n) is 2.70. The summed E-state index contributed by atoms with van der Waals surface area (Å²) in [6, 6.07) is 6.43. The number of hydrogen-bond acceptors (Lipinski definition) is 3. The van der Waals surface area contributed by atoms with Crippen LogP contribution < -0.4 is 0 Å². The Labute approximate surface area is 109 Å². The number of aromatic carboxylic acids is 1. The maximum atomic E-state index is 11.9. The number of nitrogens with one attached hydrogen (secondary N) is 1. The van der Waals surface area contributed by atoms with E-state index in [4.69, 9.17) is 5.11 Å². The number of benzene rings is 1. The Kier molecular flexibility index (Phi) is 3.61. The van der Waals surface area contributed by atoms with Gasteiger partial charge in [-0.15, -0.1) is 0 Å². The van der Waals surface area contributed by atoms with Gasteiger partial charge in [-0.1, -0.05) is 12.1 Å². The molecule has 1 heterocycles. The molecule has 0 aliphatic carbocycles. The third kappa shape index (κ3) is 2.98. The number of nitrogens with zero attached hydrogens (tertiary/aromatic N) is 2. The summed E-state index contributed by atoms with van der Waals surface area (Å²) in [6.45, 7) is 0.401. The fourth-order valence-corrected chi connectivity index (χ4v) is 1.68. The lowest BCUT2D eigenvalue weighted by molar-refractivity contribution is 0.0695. The highest BCUT2D eigenvalue weighted by Crippen LogP contribution is 2.08. The Morgan fingerprint density at radius 1 is 1.32 bits per heavy atom. The van der Waals surface area contributed by atoms with Crippen LogP contribution >= 0.6 is 0 Å². The molecule has 1 amide bonds. The van der Waals surface area contributed by atoms with Gasteiger partial charge in [-0.25, -0.2) is 9.78 Å². The molecular weight excluding hydrogens is 246 g/mol. The summed E-state index contributed by atoms with van der Waals surface area (Å²) in [4.78, 5) is 30.7. The number of hydrogen-bond donors (Lipinski definition) is 2. The molecule has 98 valence electrons.